The van der Waals surface area contributed by atoms with Gasteiger partial charge in [-0.25, -0.2) is 4.58 Å². The van der Waals surface area contributed by atoms with E-state index in [-0.39, 0.29) is 0 Å². The summed E-state index contributed by atoms with van der Waals surface area (Å²) in [6.45, 7) is 4.30. The van der Waals surface area contributed by atoms with Crippen molar-refractivity contribution in [3.05, 3.63) is 0 Å². The van der Waals surface area contributed by atoms with Crippen molar-refractivity contribution in [1.29, 1.82) is 0 Å². The predicted molar refractivity (Wildman–Crippen MR) is 56.6 cm³/mol. The van der Waals surface area contributed by atoms with Crippen LogP contribution in [0.15, 0.2) is 0 Å². The summed E-state index contributed by atoms with van der Waals surface area (Å²) in [6.07, 6.45) is 2.46. The van der Waals surface area contributed by atoms with Crippen LogP contribution in [0.25, 0.3) is 0 Å². The van der Waals surface area contributed by atoms with Crippen LogP contribution in [0.4, 0.5) is 0 Å². The van der Waals surface area contributed by atoms with Gasteiger partial charge in [0.1, 0.15) is 13.1 Å². The van der Waals surface area contributed by atoms with E-state index in [1.165, 1.54) is 19.4 Å². The molecule has 0 fully saturated rings. The lowest BCUT2D eigenvalue weighted by Crippen LogP contribution is -2.19. The van der Waals surface area contributed by atoms with Gasteiger partial charge in [-0.2, -0.15) is 0 Å². The second-order valence-electron chi connectivity index (χ2n) is 3.72. The summed E-state index contributed by atoms with van der Waals surface area (Å²) in [4.78, 5) is 2.22. The average molecular weight is 205 g/mol. The Bertz CT molecular complexity index is 189. The van der Waals surface area contributed by atoms with Crippen LogP contribution in [-0.2, 0) is 0 Å². The third kappa shape index (κ3) is 3.96. The Morgan fingerprint density at radius 3 is 2.77 bits per heavy atom. The third-order valence-electron chi connectivity index (χ3n) is 2.21. The van der Waals surface area contributed by atoms with E-state index in [1.54, 1.807) is 0 Å². The first-order chi connectivity index (χ1) is 6.20. The third-order valence-corrected chi connectivity index (χ3v) is 2.59. The molecule has 1 heterocycles. The molecule has 0 aromatic rings. The fourth-order valence-corrected chi connectivity index (χ4v) is 1.71. The predicted octanol–water partition coefficient (Wildman–Crippen LogP) is 0.539. The summed E-state index contributed by atoms with van der Waals surface area (Å²) in [7, 11) is 4.22. The average Bonchev–Trinajstić information content (AvgIpc) is 2.45. The van der Waals surface area contributed by atoms with E-state index in [1.807, 2.05) is 0 Å². The topological polar surface area (TPSA) is 18.3 Å². The Labute approximate surface area is 85.4 Å². The first kappa shape index (κ1) is 10.8. The van der Waals surface area contributed by atoms with Crippen LogP contribution >= 0.6 is 11.6 Å². The number of halogens is 1. The molecule has 0 saturated heterocycles. The number of amidine groups is 1. The van der Waals surface area contributed by atoms with Crippen LogP contribution < -0.4 is 5.32 Å². The number of hydrogen-bond donors (Lipinski definition) is 1. The van der Waals surface area contributed by atoms with E-state index in [4.69, 9.17) is 11.6 Å². The molecule has 13 heavy (non-hydrogen) atoms. The first-order valence-electron chi connectivity index (χ1n) is 4.86. The van der Waals surface area contributed by atoms with Crippen LogP contribution in [0.3, 0.4) is 0 Å². The van der Waals surface area contributed by atoms with Gasteiger partial charge in [-0.05, 0) is 33.5 Å². The van der Waals surface area contributed by atoms with Crippen LogP contribution in [0.5, 0.6) is 0 Å². The van der Waals surface area contributed by atoms with E-state index in [2.05, 4.69) is 28.9 Å². The summed E-state index contributed by atoms with van der Waals surface area (Å²) in [5, 5.41) is 3.94. The second kappa shape index (κ2) is 5.45. The Morgan fingerprint density at radius 1 is 1.46 bits per heavy atom. The zero-order valence-corrected chi connectivity index (χ0v) is 9.27. The van der Waals surface area contributed by atoms with Crippen molar-refractivity contribution in [2.75, 3.05) is 40.3 Å². The molecule has 0 unspecified atom stereocenters. The highest BCUT2D eigenvalue weighted by atomic mass is 35.5. The first-order valence-corrected chi connectivity index (χ1v) is 5.24. The van der Waals surface area contributed by atoms with Crippen molar-refractivity contribution in [3.8, 4) is 0 Å². The largest absolute Gasteiger partial charge is 0.343 e. The van der Waals surface area contributed by atoms with E-state index in [0.29, 0.717) is 0 Å². The summed E-state index contributed by atoms with van der Waals surface area (Å²) >= 11 is 5.94. The molecule has 1 N–H and O–H groups in total. The fraction of sp³-hybridized carbons (Fsp3) is 0.889. The van der Waals surface area contributed by atoms with Gasteiger partial charge in [0.25, 0.3) is 0 Å². The van der Waals surface area contributed by atoms with Gasteiger partial charge in [0.05, 0.1) is 6.54 Å². The van der Waals surface area contributed by atoms with Crippen molar-refractivity contribution >= 4 is 16.9 Å². The standard InChI is InChI=1S/C9H18ClN3/c1-12(2)6-3-4-7-13-8-5-11-9(13)10/h3-8H2,1-2H3/p+1. The molecular formula is C9H19ClN3+. The van der Waals surface area contributed by atoms with Crippen molar-refractivity contribution in [1.82, 2.24) is 10.2 Å². The number of rotatable bonds is 5. The maximum atomic E-state index is 5.94. The number of nitrogens with zero attached hydrogens (tertiary/aromatic N) is 2. The molecule has 0 aromatic carbocycles. The van der Waals surface area contributed by atoms with Crippen LogP contribution in [0.1, 0.15) is 12.8 Å². The second-order valence-corrected chi connectivity index (χ2v) is 4.07. The summed E-state index contributed by atoms with van der Waals surface area (Å²) in [5.74, 6) is 0. The van der Waals surface area contributed by atoms with Gasteiger partial charge in [0.2, 0.25) is 0 Å². The molecule has 0 aliphatic carbocycles. The van der Waals surface area contributed by atoms with E-state index >= 15 is 0 Å². The zero-order valence-electron chi connectivity index (χ0n) is 8.52. The number of nitrogens with one attached hydrogen (secondary N) is 1. The lowest BCUT2D eigenvalue weighted by Gasteiger charge is -2.08. The van der Waals surface area contributed by atoms with Gasteiger partial charge in [0.15, 0.2) is 0 Å². The molecule has 1 rings (SSSR count). The van der Waals surface area contributed by atoms with Gasteiger partial charge >= 0.3 is 5.29 Å². The highest BCUT2D eigenvalue weighted by Crippen LogP contribution is 1.96. The molecule has 0 aromatic heterocycles. The van der Waals surface area contributed by atoms with Gasteiger partial charge in [0, 0.05) is 11.6 Å². The minimum absolute atomic E-state index is 0.824. The molecule has 0 amide bonds. The molecular weight excluding hydrogens is 186 g/mol. The van der Waals surface area contributed by atoms with Crippen molar-refractivity contribution in [2.45, 2.75) is 12.8 Å². The van der Waals surface area contributed by atoms with E-state index < -0.39 is 0 Å². The van der Waals surface area contributed by atoms with Crippen molar-refractivity contribution in [3.63, 3.8) is 0 Å². The van der Waals surface area contributed by atoms with Gasteiger partial charge in [-0.15, -0.1) is 0 Å². The Hall–Kier alpha value is -0.280. The molecule has 4 heteroatoms. The van der Waals surface area contributed by atoms with Gasteiger partial charge in [-0.3, -0.25) is 5.32 Å². The number of hydrogen-bond acceptors (Lipinski definition) is 2. The summed E-state index contributed by atoms with van der Waals surface area (Å²) in [6, 6.07) is 0. The molecule has 0 saturated carbocycles. The molecule has 76 valence electrons. The Balaban J connectivity index is 2.09. The molecule has 1 aliphatic heterocycles. The molecule has 0 radical (unpaired) electrons. The van der Waals surface area contributed by atoms with Crippen LogP contribution in [0.2, 0.25) is 0 Å². The smallest absolute Gasteiger partial charge is 0.309 e. The Morgan fingerprint density at radius 2 is 2.23 bits per heavy atom. The van der Waals surface area contributed by atoms with Gasteiger partial charge < -0.3 is 4.90 Å². The lowest BCUT2D eigenvalue weighted by atomic mass is 10.3. The molecule has 3 nitrogen and oxygen atoms in total. The Kier molecular flexibility index (Phi) is 4.53. The highest BCUT2D eigenvalue weighted by Gasteiger charge is 2.17. The SMILES string of the molecule is CN(C)CCCC[N+]1=C(Cl)NCC1. The van der Waals surface area contributed by atoms with Crippen molar-refractivity contribution < 1.29 is 4.58 Å². The zero-order chi connectivity index (χ0) is 9.68. The summed E-state index contributed by atoms with van der Waals surface area (Å²) < 4.78 is 2.21. The minimum atomic E-state index is 0.824. The maximum Gasteiger partial charge on any atom is 0.343 e. The normalized spacial score (nSPS) is 16.9. The summed E-state index contributed by atoms with van der Waals surface area (Å²) in [5.41, 5.74) is 0. The quantitative estimate of drug-likeness (QED) is 0.400. The van der Waals surface area contributed by atoms with Crippen LogP contribution in [0, 0.1) is 0 Å². The molecule has 0 atom stereocenters. The minimum Gasteiger partial charge on any atom is -0.309 e. The van der Waals surface area contributed by atoms with Crippen molar-refractivity contribution in [2.24, 2.45) is 0 Å². The molecule has 1 aliphatic rings. The molecule has 0 spiro atoms. The van der Waals surface area contributed by atoms with E-state index in [9.17, 15) is 0 Å². The fourth-order valence-electron chi connectivity index (χ4n) is 1.44. The molecule has 0 bridgehead atoms. The number of unbranched alkanes of at least 4 members (excludes halogenated alkanes) is 1. The lowest BCUT2D eigenvalue weighted by molar-refractivity contribution is -0.516. The monoisotopic (exact) mass is 204 g/mol. The van der Waals surface area contributed by atoms with Gasteiger partial charge in [-0.1, -0.05) is 0 Å². The van der Waals surface area contributed by atoms with Crippen LogP contribution in [-0.4, -0.2) is 55.0 Å². The maximum absolute atomic E-state index is 5.94. The van der Waals surface area contributed by atoms with E-state index in [0.717, 1.165) is 24.9 Å². The highest BCUT2D eigenvalue weighted by molar-refractivity contribution is 6.63.